The fourth-order valence-electron chi connectivity index (χ4n) is 3.98. The molecule has 0 spiro atoms. The van der Waals surface area contributed by atoms with Crippen LogP contribution < -0.4 is 4.90 Å². The first kappa shape index (κ1) is 47.3. The third-order valence-corrected chi connectivity index (χ3v) is 6.03. The zero-order valence-electron chi connectivity index (χ0n) is 34.2. The molecule has 0 N–H and O–H groups in total. The van der Waals surface area contributed by atoms with E-state index in [1.165, 1.54) is 7.11 Å². The quantitative estimate of drug-likeness (QED) is 0.149. The molecule has 0 aliphatic carbocycles. The fourth-order valence-corrected chi connectivity index (χ4v) is 3.98. The van der Waals surface area contributed by atoms with E-state index in [-0.39, 0.29) is 12.5 Å². The van der Waals surface area contributed by atoms with Gasteiger partial charge in [0.2, 0.25) is 5.95 Å². The van der Waals surface area contributed by atoms with Crippen LogP contribution in [0.2, 0.25) is 0 Å². The fraction of sp³-hybridized carbons (Fsp3) is 0.526. The molecule has 0 fully saturated rings. The Morgan fingerprint density at radius 3 is 1.38 bits per heavy atom. The van der Waals surface area contributed by atoms with Crippen molar-refractivity contribution in [3.63, 3.8) is 0 Å². The van der Waals surface area contributed by atoms with Gasteiger partial charge < -0.3 is 33.3 Å². The van der Waals surface area contributed by atoms with E-state index in [1.807, 2.05) is 6.07 Å². The highest BCUT2D eigenvalue weighted by molar-refractivity contribution is 6.00. The number of imide groups is 2. The summed E-state index contributed by atoms with van der Waals surface area (Å²) in [6.45, 7) is 22.8. The molecule has 1 heterocycles. The number of ether oxygens (including phenoxy) is 6. The van der Waals surface area contributed by atoms with Crippen molar-refractivity contribution in [2.45, 2.75) is 112 Å². The number of rotatable bonds is 8. The van der Waals surface area contributed by atoms with E-state index in [1.54, 1.807) is 131 Å². The normalized spacial score (nSPS) is 12.0. The van der Waals surface area contributed by atoms with E-state index in [9.17, 15) is 28.8 Å². The molecule has 1 aromatic carbocycles. The van der Waals surface area contributed by atoms with Gasteiger partial charge >= 0.3 is 36.3 Å². The zero-order valence-corrected chi connectivity index (χ0v) is 34.2. The Labute approximate surface area is 322 Å². The maximum absolute atomic E-state index is 13.1. The van der Waals surface area contributed by atoms with Gasteiger partial charge in [0.1, 0.15) is 28.1 Å². The number of benzene rings is 1. The van der Waals surface area contributed by atoms with Gasteiger partial charge in [-0.1, -0.05) is 24.8 Å². The van der Waals surface area contributed by atoms with Crippen LogP contribution in [0.25, 0.3) is 0 Å². The van der Waals surface area contributed by atoms with Crippen molar-refractivity contribution in [2.24, 2.45) is 0 Å². The van der Waals surface area contributed by atoms with Gasteiger partial charge in [0.15, 0.2) is 6.04 Å². The summed E-state index contributed by atoms with van der Waals surface area (Å²) >= 11 is 0. The number of amides is 4. The molecule has 17 nitrogen and oxygen atoms in total. The second-order valence-electron chi connectivity index (χ2n) is 15.6. The van der Waals surface area contributed by atoms with Gasteiger partial charge in [0, 0.05) is 18.1 Å². The summed E-state index contributed by atoms with van der Waals surface area (Å²) in [7, 11) is 2.28. The van der Waals surface area contributed by atoms with Crippen molar-refractivity contribution in [3.05, 3.63) is 61.1 Å². The summed E-state index contributed by atoms with van der Waals surface area (Å²) in [5.74, 6) is -1.52. The van der Waals surface area contributed by atoms with Crippen LogP contribution in [0.1, 0.15) is 83.1 Å². The predicted molar refractivity (Wildman–Crippen MR) is 201 cm³/mol. The molecule has 0 aliphatic rings. The number of para-hydroxylation sites is 1. The van der Waals surface area contributed by atoms with Gasteiger partial charge in [0.05, 0.1) is 20.8 Å². The van der Waals surface area contributed by atoms with Crippen LogP contribution in [0.4, 0.5) is 30.8 Å². The standard InChI is InChI=1S/C24H32N4O6.C14H23NO6/c1-23(2,3)33-21(30)28(22(31)34-24(4,5)6)18(19(29)32-7)16-27(17-12-9-8-10-13-17)20-25-14-11-15-26-20;1-9(10(16)19-8)15(11(17)20-13(2,3)4)12(18)21-14(5,6)7/h8-15,18H,16H2,1-7H3;1H2,2-8H3. The van der Waals surface area contributed by atoms with Crippen LogP contribution in [0.3, 0.4) is 0 Å². The molecule has 1 unspecified atom stereocenters. The van der Waals surface area contributed by atoms with E-state index in [0.29, 0.717) is 15.5 Å². The number of carbonyl (C=O) groups is 6. The Morgan fingerprint density at radius 1 is 0.618 bits per heavy atom. The molecule has 17 heteroatoms. The van der Waals surface area contributed by atoms with E-state index in [0.717, 1.165) is 7.11 Å². The van der Waals surface area contributed by atoms with Gasteiger partial charge in [-0.15, -0.1) is 0 Å². The smallest absolute Gasteiger partial charge is 0.424 e. The first-order valence-corrected chi connectivity index (χ1v) is 17.1. The van der Waals surface area contributed by atoms with Gasteiger partial charge in [0.25, 0.3) is 0 Å². The zero-order chi connectivity index (χ0) is 42.5. The Bertz CT molecular complexity index is 1540. The molecule has 2 aromatic rings. The molecule has 0 bridgehead atoms. The number of methoxy groups -OCH3 is 2. The first-order chi connectivity index (χ1) is 25.1. The van der Waals surface area contributed by atoms with Gasteiger partial charge in [-0.2, -0.15) is 9.80 Å². The largest absolute Gasteiger partial charge is 0.467 e. The SMILES string of the molecule is C=C(C(=O)OC)N(C(=O)OC(C)(C)C)C(=O)OC(C)(C)C.COC(=O)C(CN(c1ccccc1)c1ncccn1)N(C(=O)OC(C)(C)C)C(=O)OC(C)(C)C. The molecule has 0 radical (unpaired) electrons. The molecule has 1 atom stereocenters. The van der Waals surface area contributed by atoms with Gasteiger partial charge in [-0.05, 0) is 101 Å². The minimum Gasteiger partial charge on any atom is -0.467 e. The van der Waals surface area contributed by atoms with Gasteiger partial charge in [-0.25, -0.2) is 38.7 Å². The predicted octanol–water partition coefficient (Wildman–Crippen LogP) is 7.17. The second kappa shape index (κ2) is 19.5. The molecule has 4 amide bonds. The lowest BCUT2D eigenvalue weighted by molar-refractivity contribution is -0.146. The third-order valence-electron chi connectivity index (χ3n) is 6.03. The van der Waals surface area contributed by atoms with Crippen molar-refractivity contribution in [3.8, 4) is 0 Å². The van der Waals surface area contributed by atoms with Crippen LogP contribution >= 0.6 is 0 Å². The first-order valence-electron chi connectivity index (χ1n) is 17.1. The number of anilines is 2. The summed E-state index contributed by atoms with van der Waals surface area (Å²) in [6, 6.07) is 9.23. The highest BCUT2D eigenvalue weighted by Crippen LogP contribution is 2.25. The van der Waals surface area contributed by atoms with Crippen molar-refractivity contribution in [1.29, 1.82) is 0 Å². The summed E-state index contributed by atoms with van der Waals surface area (Å²) < 4.78 is 30.4. The molecular formula is C38H55N5O12. The van der Waals surface area contributed by atoms with Gasteiger partial charge in [-0.3, -0.25) is 0 Å². The average molecular weight is 774 g/mol. The number of carbonyl (C=O) groups excluding carboxylic acids is 6. The van der Waals surface area contributed by atoms with Crippen molar-refractivity contribution < 1.29 is 57.2 Å². The van der Waals surface area contributed by atoms with Crippen LogP contribution in [0.15, 0.2) is 61.1 Å². The Morgan fingerprint density at radius 2 is 1.02 bits per heavy atom. The highest BCUT2D eigenvalue weighted by Gasteiger charge is 2.42. The highest BCUT2D eigenvalue weighted by atomic mass is 16.6. The summed E-state index contributed by atoms with van der Waals surface area (Å²) in [6.07, 6.45) is -1.12. The molecule has 0 saturated heterocycles. The van der Waals surface area contributed by atoms with Crippen molar-refractivity contribution in [1.82, 2.24) is 19.8 Å². The number of aromatic nitrogens is 2. The maximum Gasteiger partial charge on any atom is 0.424 e. The number of hydrogen-bond donors (Lipinski definition) is 0. The average Bonchev–Trinajstić information content (AvgIpc) is 3.03. The minimum atomic E-state index is -1.43. The summed E-state index contributed by atoms with van der Waals surface area (Å²) in [4.78, 5) is 86.1. The van der Waals surface area contributed by atoms with Crippen molar-refractivity contribution >= 4 is 47.9 Å². The molecule has 2 rings (SSSR count). The lowest BCUT2D eigenvalue weighted by Crippen LogP contribution is -2.56. The molecule has 55 heavy (non-hydrogen) atoms. The third kappa shape index (κ3) is 16.9. The monoisotopic (exact) mass is 773 g/mol. The second-order valence-corrected chi connectivity index (χ2v) is 15.6. The van der Waals surface area contributed by atoms with Crippen LogP contribution in [0, 0.1) is 0 Å². The Hall–Kier alpha value is -5.74. The van der Waals surface area contributed by atoms with E-state index in [4.69, 9.17) is 23.7 Å². The molecule has 1 aromatic heterocycles. The van der Waals surface area contributed by atoms with Crippen molar-refractivity contribution in [2.75, 3.05) is 25.7 Å². The topological polar surface area (TPSA) is 193 Å². The van der Waals surface area contributed by atoms with Crippen LogP contribution in [-0.2, 0) is 38.0 Å². The van der Waals surface area contributed by atoms with E-state index in [2.05, 4.69) is 21.3 Å². The molecule has 304 valence electrons. The maximum atomic E-state index is 13.1. The Balaban J connectivity index is 0.000000620. The van der Waals surface area contributed by atoms with E-state index < -0.39 is 70.5 Å². The molecule has 0 aliphatic heterocycles. The van der Waals surface area contributed by atoms with E-state index >= 15 is 0 Å². The lowest BCUT2D eigenvalue weighted by atomic mass is 10.2. The summed E-state index contributed by atoms with van der Waals surface area (Å²) in [5.41, 5.74) is -3.42. The molecule has 0 saturated carbocycles. The summed E-state index contributed by atoms with van der Waals surface area (Å²) in [5, 5.41) is 0. The number of hydrogen-bond acceptors (Lipinski definition) is 15. The number of nitrogens with zero attached hydrogens (tertiary/aromatic N) is 5. The number of esters is 2. The minimum absolute atomic E-state index is 0.209. The van der Waals surface area contributed by atoms with Crippen LogP contribution in [0.5, 0.6) is 0 Å². The van der Waals surface area contributed by atoms with Crippen LogP contribution in [-0.4, -0.2) is 105 Å². The molecular weight excluding hydrogens is 718 g/mol. The Kier molecular flexibility index (Phi) is 16.8. The lowest BCUT2D eigenvalue weighted by Gasteiger charge is -2.34.